The number of rotatable bonds is 5. The predicted molar refractivity (Wildman–Crippen MR) is 99.1 cm³/mol. The van der Waals surface area contributed by atoms with Gasteiger partial charge in [-0.25, -0.2) is 4.79 Å². The van der Waals surface area contributed by atoms with Crippen LogP contribution in [-0.2, 0) is 4.74 Å². The summed E-state index contributed by atoms with van der Waals surface area (Å²) >= 11 is 5.99. The second-order valence-electron chi connectivity index (χ2n) is 5.66. The van der Waals surface area contributed by atoms with Crippen LogP contribution in [0.15, 0.2) is 48.5 Å². The molecule has 0 radical (unpaired) electrons. The van der Waals surface area contributed by atoms with Crippen LogP contribution in [0.25, 0.3) is 10.9 Å². The fourth-order valence-electron chi connectivity index (χ4n) is 2.61. The summed E-state index contributed by atoms with van der Waals surface area (Å²) in [6.07, 6.45) is 0. The van der Waals surface area contributed by atoms with E-state index < -0.39 is 5.97 Å². The van der Waals surface area contributed by atoms with E-state index >= 15 is 0 Å². The summed E-state index contributed by atoms with van der Waals surface area (Å²) in [5.74, 6) is -0.517. The maximum atomic E-state index is 12.4. The average Bonchev–Trinajstić information content (AvgIpc) is 2.65. The zero-order valence-electron chi connectivity index (χ0n) is 14.3. The smallest absolute Gasteiger partial charge is 0.340 e. The number of carbonyl (C=O) groups is 2. The Balaban J connectivity index is 1.79. The molecule has 0 saturated carbocycles. The van der Waals surface area contributed by atoms with E-state index in [0.29, 0.717) is 27.6 Å². The lowest BCUT2D eigenvalue weighted by Gasteiger charge is -2.10. The molecule has 0 unspecified atom stereocenters. The number of nitrogens with zero attached hydrogens (tertiary/aromatic N) is 1. The number of benzene rings is 2. The van der Waals surface area contributed by atoms with Crippen molar-refractivity contribution in [1.82, 2.24) is 4.98 Å². The summed E-state index contributed by atoms with van der Waals surface area (Å²) in [5.41, 5.74) is 1.92. The Kier molecular flexibility index (Phi) is 5.19. The predicted octanol–water partition coefficient (Wildman–Crippen LogP) is 4.24. The second-order valence-corrected chi connectivity index (χ2v) is 6.09. The van der Waals surface area contributed by atoms with E-state index in [1.54, 1.807) is 55.5 Å². The van der Waals surface area contributed by atoms with Crippen molar-refractivity contribution in [1.29, 1.82) is 0 Å². The Hall–Kier alpha value is -2.92. The van der Waals surface area contributed by atoms with Gasteiger partial charge in [-0.05, 0) is 43.3 Å². The van der Waals surface area contributed by atoms with E-state index in [9.17, 15) is 9.59 Å². The van der Waals surface area contributed by atoms with Crippen LogP contribution >= 0.6 is 11.6 Å². The number of aryl methyl sites for hydroxylation is 1. The minimum absolute atomic E-state index is 0.299. The maximum Gasteiger partial charge on any atom is 0.340 e. The molecule has 0 atom stereocenters. The van der Waals surface area contributed by atoms with Crippen LogP contribution in [0.2, 0.25) is 5.02 Å². The Morgan fingerprint density at radius 1 is 1.08 bits per heavy atom. The van der Waals surface area contributed by atoms with Gasteiger partial charge in [-0.2, -0.15) is 0 Å². The number of hydrogen-bond donors (Lipinski definition) is 0. The quantitative estimate of drug-likeness (QED) is 0.497. The van der Waals surface area contributed by atoms with Gasteiger partial charge in [0.25, 0.3) is 0 Å². The molecule has 0 saturated heterocycles. The molecule has 0 fully saturated rings. The largest absolute Gasteiger partial charge is 0.496 e. The van der Waals surface area contributed by atoms with Gasteiger partial charge in [0, 0.05) is 10.4 Å². The van der Waals surface area contributed by atoms with Gasteiger partial charge >= 0.3 is 5.97 Å². The number of Topliss-reactive ketones (excluding diaryl/α,β-unsaturated/α-hetero) is 1. The summed E-state index contributed by atoms with van der Waals surface area (Å²) < 4.78 is 10.3. The maximum absolute atomic E-state index is 12.4. The summed E-state index contributed by atoms with van der Waals surface area (Å²) in [5, 5.41) is 1.28. The Bertz CT molecular complexity index is 1000. The number of para-hydroxylation sites is 1. The molecule has 1 aromatic heterocycles. The molecule has 0 aliphatic carbocycles. The standard InChI is InChI=1S/C20H16ClNO4/c1-12-16(10-13-9-14(21)7-8-17(13)22-12)20(24)26-11-18(23)15-5-3-4-6-19(15)25-2/h3-10H,11H2,1-2H3. The van der Waals surface area contributed by atoms with Crippen LogP contribution in [-0.4, -0.2) is 30.5 Å². The number of carbonyl (C=O) groups excluding carboxylic acids is 2. The molecule has 6 heteroatoms. The number of pyridine rings is 1. The topological polar surface area (TPSA) is 65.5 Å². The molecule has 0 amide bonds. The lowest BCUT2D eigenvalue weighted by Crippen LogP contribution is -2.16. The number of aromatic nitrogens is 1. The third-order valence-electron chi connectivity index (χ3n) is 3.93. The number of halogens is 1. The van der Waals surface area contributed by atoms with Gasteiger partial charge < -0.3 is 9.47 Å². The molecule has 0 spiro atoms. The average molecular weight is 370 g/mol. The molecule has 2 aromatic carbocycles. The molecular weight excluding hydrogens is 354 g/mol. The molecule has 26 heavy (non-hydrogen) atoms. The van der Waals surface area contributed by atoms with E-state index in [-0.39, 0.29) is 12.4 Å². The zero-order chi connectivity index (χ0) is 18.7. The molecule has 0 bridgehead atoms. The summed E-state index contributed by atoms with van der Waals surface area (Å²) in [4.78, 5) is 29.1. The van der Waals surface area contributed by atoms with Crippen LogP contribution in [0.3, 0.4) is 0 Å². The molecule has 0 aliphatic heterocycles. The molecular formula is C20H16ClNO4. The van der Waals surface area contributed by atoms with Gasteiger partial charge in [-0.3, -0.25) is 9.78 Å². The van der Waals surface area contributed by atoms with Crippen LogP contribution in [0, 0.1) is 6.92 Å². The second kappa shape index (κ2) is 7.54. The van der Waals surface area contributed by atoms with Crippen LogP contribution in [0.4, 0.5) is 0 Å². The van der Waals surface area contributed by atoms with Crippen molar-refractivity contribution in [3.8, 4) is 5.75 Å². The van der Waals surface area contributed by atoms with Crippen molar-refractivity contribution < 1.29 is 19.1 Å². The first kappa shape index (κ1) is 17.9. The molecule has 0 aliphatic rings. The first-order chi connectivity index (χ1) is 12.5. The van der Waals surface area contributed by atoms with Crippen molar-refractivity contribution in [2.24, 2.45) is 0 Å². The Morgan fingerprint density at radius 2 is 1.85 bits per heavy atom. The first-order valence-corrected chi connectivity index (χ1v) is 8.27. The van der Waals surface area contributed by atoms with E-state index in [0.717, 1.165) is 10.9 Å². The van der Waals surface area contributed by atoms with Crippen LogP contribution in [0.5, 0.6) is 5.75 Å². The molecule has 1 heterocycles. The Labute approximate surface area is 155 Å². The number of esters is 1. The van der Waals surface area contributed by atoms with E-state index in [1.165, 1.54) is 7.11 Å². The highest BCUT2D eigenvalue weighted by Gasteiger charge is 2.17. The van der Waals surface area contributed by atoms with E-state index in [4.69, 9.17) is 21.1 Å². The highest BCUT2D eigenvalue weighted by molar-refractivity contribution is 6.31. The highest BCUT2D eigenvalue weighted by atomic mass is 35.5. The number of hydrogen-bond acceptors (Lipinski definition) is 5. The lowest BCUT2D eigenvalue weighted by molar-refractivity contribution is 0.0473. The summed E-state index contributed by atoms with van der Waals surface area (Å²) in [6, 6.07) is 13.7. The van der Waals surface area contributed by atoms with Gasteiger partial charge in [0.15, 0.2) is 6.61 Å². The summed E-state index contributed by atoms with van der Waals surface area (Å²) in [7, 11) is 1.48. The normalized spacial score (nSPS) is 10.6. The minimum Gasteiger partial charge on any atom is -0.496 e. The van der Waals surface area contributed by atoms with Gasteiger partial charge in [0.1, 0.15) is 5.75 Å². The number of ether oxygens (including phenoxy) is 2. The lowest BCUT2D eigenvalue weighted by atomic mass is 10.1. The van der Waals surface area contributed by atoms with Gasteiger partial charge in [0.2, 0.25) is 5.78 Å². The SMILES string of the molecule is COc1ccccc1C(=O)COC(=O)c1cc2cc(Cl)ccc2nc1C. The van der Waals surface area contributed by atoms with Gasteiger partial charge in [0.05, 0.1) is 29.4 Å². The fourth-order valence-corrected chi connectivity index (χ4v) is 2.79. The van der Waals surface area contributed by atoms with Gasteiger partial charge in [-0.15, -0.1) is 0 Å². The van der Waals surface area contributed by atoms with Gasteiger partial charge in [-0.1, -0.05) is 23.7 Å². The van der Waals surface area contributed by atoms with Crippen molar-refractivity contribution in [3.63, 3.8) is 0 Å². The highest BCUT2D eigenvalue weighted by Crippen LogP contribution is 2.22. The molecule has 0 N–H and O–H groups in total. The summed E-state index contributed by atoms with van der Waals surface area (Å²) in [6.45, 7) is 1.33. The number of ketones is 1. The third-order valence-corrected chi connectivity index (χ3v) is 4.16. The number of fused-ring (bicyclic) bond motifs is 1. The Morgan fingerprint density at radius 3 is 2.62 bits per heavy atom. The molecule has 3 rings (SSSR count). The van der Waals surface area contributed by atoms with Crippen LogP contribution in [0.1, 0.15) is 26.4 Å². The fraction of sp³-hybridized carbons (Fsp3) is 0.150. The van der Waals surface area contributed by atoms with Crippen molar-refractivity contribution in [2.75, 3.05) is 13.7 Å². The van der Waals surface area contributed by atoms with Crippen LogP contribution < -0.4 is 4.74 Å². The minimum atomic E-state index is -0.611. The zero-order valence-corrected chi connectivity index (χ0v) is 15.0. The van der Waals surface area contributed by atoms with Crippen molar-refractivity contribution >= 4 is 34.3 Å². The monoisotopic (exact) mass is 369 g/mol. The van der Waals surface area contributed by atoms with E-state index in [1.807, 2.05) is 0 Å². The van der Waals surface area contributed by atoms with E-state index in [2.05, 4.69) is 4.98 Å². The molecule has 5 nitrogen and oxygen atoms in total. The third kappa shape index (κ3) is 3.68. The van der Waals surface area contributed by atoms with Crippen molar-refractivity contribution in [3.05, 3.63) is 70.4 Å². The van der Waals surface area contributed by atoms with Crippen molar-refractivity contribution in [2.45, 2.75) is 6.92 Å². The molecule has 132 valence electrons. The number of methoxy groups -OCH3 is 1. The first-order valence-electron chi connectivity index (χ1n) is 7.90. The molecule has 3 aromatic rings.